The molecule has 8 unspecified atom stereocenters. The van der Waals surface area contributed by atoms with Crippen molar-refractivity contribution in [3.63, 3.8) is 0 Å². The molecule has 8 rings (SSSR count). The fourth-order valence-electron chi connectivity index (χ4n) is 12.1. The number of carbonyl (C=O) groups is 2. The average molecular weight is 1370 g/mol. The second kappa shape index (κ2) is 32.6. The van der Waals surface area contributed by atoms with Gasteiger partial charge in [-0.2, -0.15) is 0 Å². The van der Waals surface area contributed by atoms with Crippen LogP contribution in [0.4, 0.5) is 0 Å². The molecule has 41 heteroatoms. The highest BCUT2D eigenvalue weighted by molar-refractivity contribution is 5.73. The average Bonchev–Trinajstić information content (AvgIpc) is 0.770. The van der Waals surface area contributed by atoms with Gasteiger partial charge in [-0.15, -0.1) is 0 Å². The molecule has 2 amide bonds. The van der Waals surface area contributed by atoms with Crippen molar-refractivity contribution in [2.45, 2.75) is 273 Å². The molecule has 8 aliphatic rings. The van der Waals surface area contributed by atoms with Gasteiger partial charge in [0.25, 0.3) is 0 Å². The Morgan fingerprint density at radius 3 is 1.04 bits per heavy atom. The van der Waals surface area contributed by atoms with E-state index in [4.69, 9.17) is 71.1 Å². The molecule has 0 saturated carbocycles. The molecule has 24 N–H and O–H groups in total. The Balaban J connectivity index is 1.17. The van der Waals surface area contributed by atoms with Crippen LogP contribution in [0.1, 0.15) is 27.7 Å². The second-order valence-electron chi connectivity index (χ2n) is 23.9. The molecule has 0 radical (unpaired) electrons. The van der Waals surface area contributed by atoms with Crippen LogP contribution in [0.3, 0.4) is 0 Å². The molecule has 8 aliphatic heterocycles. The van der Waals surface area contributed by atoms with Crippen molar-refractivity contribution in [3.8, 4) is 0 Å². The van der Waals surface area contributed by atoms with Crippen LogP contribution in [-0.2, 0) is 80.6 Å². The molecule has 0 aromatic carbocycles. The lowest BCUT2D eigenvalue weighted by Gasteiger charge is -2.52. The van der Waals surface area contributed by atoms with E-state index in [1.54, 1.807) is 0 Å². The first kappa shape index (κ1) is 76.2. The molecule has 0 bridgehead atoms. The Kier molecular flexibility index (Phi) is 26.7. The monoisotopic (exact) mass is 1360 g/mol. The van der Waals surface area contributed by atoms with E-state index in [0.29, 0.717) is 0 Å². The lowest BCUT2D eigenvalue weighted by atomic mass is 9.93. The first-order valence-electron chi connectivity index (χ1n) is 29.9. The zero-order valence-electron chi connectivity index (χ0n) is 50.1. The number of carbonyl (C=O) groups excluding carboxylic acids is 2. The van der Waals surface area contributed by atoms with Crippen LogP contribution in [-0.4, -0.2) is 409 Å². The number of hydrogen-bond acceptors (Lipinski definition) is 39. The molecule has 0 aliphatic carbocycles. The zero-order chi connectivity index (χ0) is 68.5. The molecule has 41 nitrogen and oxygen atoms in total. The van der Waals surface area contributed by atoms with E-state index < -0.39 is 297 Å². The lowest BCUT2D eigenvalue weighted by molar-refractivity contribution is -0.394. The zero-order valence-corrected chi connectivity index (χ0v) is 50.1. The first-order chi connectivity index (χ1) is 43.9. The summed E-state index contributed by atoms with van der Waals surface area (Å²) in [5.74, 6) is -1.88. The highest BCUT2D eigenvalue weighted by atomic mass is 16.8. The van der Waals surface area contributed by atoms with Gasteiger partial charge in [-0.3, -0.25) is 9.59 Å². The summed E-state index contributed by atoms with van der Waals surface area (Å²) in [6, 6.07) is -3.82. The highest BCUT2D eigenvalue weighted by Gasteiger charge is 2.60. The molecule has 93 heavy (non-hydrogen) atoms. The smallest absolute Gasteiger partial charge is 0.217 e. The van der Waals surface area contributed by atoms with Crippen molar-refractivity contribution >= 4 is 11.8 Å². The summed E-state index contributed by atoms with van der Waals surface area (Å²) in [7, 11) is 0. The minimum atomic E-state index is -2.42. The maximum atomic E-state index is 13.3. The van der Waals surface area contributed by atoms with Gasteiger partial charge >= 0.3 is 0 Å². The topological polar surface area (TPSA) is 642 Å². The molecule has 8 saturated heterocycles. The third-order valence-electron chi connectivity index (χ3n) is 17.4. The standard InChI is InChI=1S/C52H88N2O39/c1-11-23(62)28(67)34(73)48(80-11)89-41-19(9-59)86-47(22(54-14(4)61)43(41)92-51-37(76)31(70)26(65)16(6-56)84-51)93-44-27(66)20(87-52(38(44)77)88-39-17(7-57)82-45(78)33(72)32(39)71)10-79-46-21(53-13(3)60)42(91-49-35(74)29(68)24(63)12(2)81-49)40(18(8-58)85-46)90-50-36(75)30(69)25(64)15(5-55)83-50/h11-12,15-52,55-59,62-78H,5-10H2,1-4H3,(H,53,60)(H,54,61)/t11-,12-,15-,16-,17-,18-,19-,20-,21-,22?,23+,24+,25+,26+,27+,28+,29+,30+,31+,32+,33-,34-,35-,36-,37-,38-,39?,40-,41-,42-,43-,44?,45?,46?,47-,48?,49-,50?,51?,52+/m1/s1. The van der Waals surface area contributed by atoms with Crippen LogP contribution in [0.5, 0.6) is 0 Å². The fraction of sp³-hybridized carbons (Fsp3) is 0.962. The molecule has 8 fully saturated rings. The summed E-state index contributed by atoms with van der Waals surface area (Å²) in [6.45, 7) is -1.88. The van der Waals surface area contributed by atoms with Gasteiger partial charge in [-0.05, 0) is 13.8 Å². The first-order valence-corrected chi connectivity index (χ1v) is 29.9. The summed E-state index contributed by atoms with van der Waals surface area (Å²) < 4.78 is 89.1. The minimum absolute atomic E-state index is 0.913. The molecule has 40 atom stereocenters. The maximum absolute atomic E-state index is 13.3. The lowest BCUT2D eigenvalue weighted by Crippen LogP contribution is -2.71. The molecule has 540 valence electrons. The Labute approximate surface area is 527 Å². The van der Waals surface area contributed by atoms with Gasteiger partial charge in [0.15, 0.2) is 50.3 Å². The normalized spacial score (nSPS) is 51.6. The van der Waals surface area contributed by atoms with Gasteiger partial charge in [-0.1, -0.05) is 0 Å². The van der Waals surface area contributed by atoms with Crippen LogP contribution in [0.15, 0.2) is 0 Å². The Morgan fingerprint density at radius 2 is 0.624 bits per heavy atom. The van der Waals surface area contributed by atoms with E-state index in [9.17, 15) is 122 Å². The Hall–Kier alpha value is -2.54. The molecule has 0 aromatic rings. The second-order valence-corrected chi connectivity index (χ2v) is 23.9. The van der Waals surface area contributed by atoms with Crippen LogP contribution in [0.25, 0.3) is 0 Å². The molecule has 8 heterocycles. The van der Waals surface area contributed by atoms with Crippen LogP contribution >= 0.6 is 0 Å². The van der Waals surface area contributed by atoms with Gasteiger partial charge in [-0.25, -0.2) is 0 Å². The summed E-state index contributed by atoms with van der Waals surface area (Å²) in [4.78, 5) is 26.5. The number of aliphatic hydroxyl groups is 22. The Bertz CT molecular complexity index is 2350. The van der Waals surface area contributed by atoms with Crippen molar-refractivity contribution in [3.05, 3.63) is 0 Å². The predicted molar refractivity (Wildman–Crippen MR) is 285 cm³/mol. The SMILES string of the molecule is CC(=O)NC1[C@@H](OC2[C@@H](O)[C@H](OC3[C@@H](O)[C@@H](O)C(O)O[C@@H]3CO)O[C@H](COC3O[C@H](CO)[C@@H](OC4O[C@H](CO)[C@H](O)[C@H](O)[C@H]4O)[C@H](O[C@H]4O[C@H](C)[C@H](O)[C@H](O)[C@H]4O)[C@H]3NC(C)=O)[C@@H]2O)O[C@H](CO)[C@@H](OC2O[C@H](C)[C@H](O)[C@H](O)[C@H]2O)[C@@H]1OC1O[C@H](CO)[C@H](O)[C@H](O)[C@H]1O. The fourth-order valence-corrected chi connectivity index (χ4v) is 12.1. The third-order valence-corrected chi connectivity index (χ3v) is 17.4. The maximum Gasteiger partial charge on any atom is 0.217 e. The highest BCUT2D eigenvalue weighted by Crippen LogP contribution is 2.39. The largest absolute Gasteiger partial charge is 0.394 e. The van der Waals surface area contributed by atoms with Gasteiger partial charge in [0.05, 0.1) is 51.8 Å². The van der Waals surface area contributed by atoms with Crippen molar-refractivity contribution in [1.82, 2.24) is 10.6 Å². The van der Waals surface area contributed by atoms with E-state index >= 15 is 0 Å². The van der Waals surface area contributed by atoms with E-state index in [0.717, 1.165) is 13.8 Å². The Morgan fingerprint density at radius 1 is 0.301 bits per heavy atom. The van der Waals surface area contributed by atoms with Crippen LogP contribution < -0.4 is 10.6 Å². The molecule has 0 spiro atoms. The van der Waals surface area contributed by atoms with Crippen molar-refractivity contribution < 1.29 is 193 Å². The van der Waals surface area contributed by atoms with Crippen LogP contribution in [0.2, 0.25) is 0 Å². The molecular weight excluding hydrogens is 1280 g/mol. The van der Waals surface area contributed by atoms with E-state index in [1.807, 2.05) is 0 Å². The number of amides is 2. The van der Waals surface area contributed by atoms with E-state index in [-0.39, 0.29) is 0 Å². The van der Waals surface area contributed by atoms with E-state index in [1.165, 1.54) is 13.8 Å². The summed E-state index contributed by atoms with van der Waals surface area (Å²) >= 11 is 0. The summed E-state index contributed by atoms with van der Waals surface area (Å²) in [5.41, 5.74) is 0. The van der Waals surface area contributed by atoms with Crippen molar-refractivity contribution in [2.75, 3.05) is 39.6 Å². The number of ether oxygens (including phenoxy) is 15. The number of nitrogens with one attached hydrogen (secondary N) is 2. The number of rotatable bonds is 22. The quantitative estimate of drug-likeness (QED) is 0.0479. The van der Waals surface area contributed by atoms with Crippen LogP contribution in [0, 0.1) is 0 Å². The molecule has 0 aromatic heterocycles. The number of aliphatic hydroxyl groups excluding tert-OH is 22. The summed E-state index contributed by atoms with van der Waals surface area (Å²) in [6.07, 6.45) is -75.1. The summed E-state index contributed by atoms with van der Waals surface area (Å²) in [5, 5.41) is 244. The predicted octanol–water partition coefficient (Wildman–Crippen LogP) is -16.1. The van der Waals surface area contributed by atoms with Gasteiger partial charge < -0.3 is 194 Å². The van der Waals surface area contributed by atoms with Crippen molar-refractivity contribution in [2.24, 2.45) is 0 Å². The van der Waals surface area contributed by atoms with Crippen molar-refractivity contribution in [1.29, 1.82) is 0 Å². The van der Waals surface area contributed by atoms with Gasteiger partial charge in [0, 0.05) is 13.8 Å². The van der Waals surface area contributed by atoms with Gasteiger partial charge in [0.2, 0.25) is 11.8 Å². The van der Waals surface area contributed by atoms with Gasteiger partial charge in [0.1, 0.15) is 183 Å². The number of hydrogen-bond donors (Lipinski definition) is 24. The molecular formula is C52H88N2O39. The van der Waals surface area contributed by atoms with E-state index in [2.05, 4.69) is 10.6 Å². The minimum Gasteiger partial charge on any atom is -0.394 e. The third kappa shape index (κ3) is 16.4.